The lowest BCUT2D eigenvalue weighted by molar-refractivity contribution is -0.135. The zero-order valence-corrected chi connectivity index (χ0v) is 17.0. The van der Waals surface area contributed by atoms with Crippen LogP contribution in [0.2, 0.25) is 0 Å². The second-order valence-corrected chi connectivity index (χ2v) is 8.52. The van der Waals surface area contributed by atoms with Crippen LogP contribution in [0.3, 0.4) is 0 Å². The summed E-state index contributed by atoms with van der Waals surface area (Å²) in [6.07, 6.45) is -7.87. The molecule has 3 aromatic rings. The molecule has 0 radical (unpaired) electrons. The Hall–Kier alpha value is -1.32. The highest BCUT2D eigenvalue weighted by Crippen LogP contribution is 2.35. The van der Waals surface area contributed by atoms with Crippen molar-refractivity contribution in [3.8, 4) is 0 Å². The molecule has 0 N–H and O–H groups in total. The normalized spacial score (nSPS) is 11.9. The minimum absolute atomic E-state index is 0.534. The van der Waals surface area contributed by atoms with E-state index in [1.54, 1.807) is 6.07 Å². The maximum Gasteiger partial charge on any atom is 0.425 e. The Morgan fingerprint density at radius 2 is 1.56 bits per heavy atom. The molecule has 0 nitrogen and oxygen atoms in total. The number of halogens is 7. The summed E-state index contributed by atoms with van der Waals surface area (Å²) in [5, 5.41) is 1.41. The molecule has 0 bridgehead atoms. The minimum Gasteiger partial charge on any atom is -0.165 e. The molecule has 0 fully saturated rings. The van der Waals surface area contributed by atoms with Gasteiger partial charge >= 0.3 is 12.4 Å². The predicted molar refractivity (Wildman–Crippen MR) is 100 cm³/mol. The molecule has 0 aliphatic rings. The van der Waals surface area contributed by atoms with Crippen LogP contribution < -0.4 is 0 Å². The second kappa shape index (κ2) is 8.79. The number of thiophene rings is 2. The summed E-state index contributed by atoms with van der Waals surface area (Å²) in [4.78, 5) is -0.351. The average Bonchev–Trinajstić information content (AvgIpc) is 3.22. The van der Waals surface area contributed by atoms with Gasteiger partial charge in [-0.25, -0.2) is 0 Å². The van der Waals surface area contributed by atoms with Crippen LogP contribution >= 0.6 is 38.6 Å². The molecular formula is C18H13BrF6S2. The second-order valence-electron chi connectivity index (χ2n) is 5.49. The van der Waals surface area contributed by atoms with Gasteiger partial charge in [0.2, 0.25) is 0 Å². The van der Waals surface area contributed by atoms with E-state index in [0.29, 0.717) is 17.8 Å². The summed E-state index contributed by atoms with van der Waals surface area (Å²) < 4.78 is 73.3. The number of aryl methyl sites for hydroxylation is 1. The third-order valence-electron chi connectivity index (χ3n) is 3.42. The maximum absolute atomic E-state index is 12.5. The molecule has 0 saturated carbocycles. The lowest BCUT2D eigenvalue weighted by atomic mass is 10.1. The van der Waals surface area contributed by atoms with Crippen LogP contribution in [0, 0.1) is 6.92 Å². The van der Waals surface area contributed by atoms with Gasteiger partial charge in [0.05, 0.1) is 0 Å². The van der Waals surface area contributed by atoms with Crippen LogP contribution in [0.15, 0.2) is 52.3 Å². The smallest absolute Gasteiger partial charge is 0.165 e. The maximum atomic E-state index is 12.5. The van der Waals surface area contributed by atoms with Gasteiger partial charge in [0.1, 0.15) is 9.75 Å². The van der Waals surface area contributed by atoms with Crippen molar-refractivity contribution in [2.24, 2.45) is 0 Å². The number of benzene rings is 1. The van der Waals surface area contributed by atoms with E-state index in [0.717, 1.165) is 43.9 Å². The number of alkyl halides is 6. The van der Waals surface area contributed by atoms with Crippen molar-refractivity contribution < 1.29 is 26.3 Å². The molecule has 146 valence electrons. The summed E-state index contributed by atoms with van der Waals surface area (Å²) in [5.41, 5.74) is 2.13. The summed E-state index contributed by atoms with van der Waals surface area (Å²) in [6.45, 7) is 1.96. The van der Waals surface area contributed by atoms with Crippen LogP contribution in [-0.4, -0.2) is 0 Å². The summed E-state index contributed by atoms with van der Waals surface area (Å²) >= 11 is 4.88. The van der Waals surface area contributed by atoms with E-state index in [9.17, 15) is 26.3 Å². The van der Waals surface area contributed by atoms with E-state index in [-0.39, 0.29) is 0 Å². The molecule has 2 aromatic heterocycles. The molecule has 0 aliphatic heterocycles. The van der Waals surface area contributed by atoms with E-state index in [4.69, 9.17) is 0 Å². The van der Waals surface area contributed by atoms with Gasteiger partial charge in [-0.05, 0) is 53.8 Å². The van der Waals surface area contributed by atoms with Crippen LogP contribution in [0.1, 0.15) is 25.8 Å². The standard InChI is InChI=1S/C13H10BrF3S.C5H3F3S/c1-8-2-3-10(14)6-9(8)7-11-4-5-12(18-11)13(15,16)17;6-5(7,8)4-2-1-3-9-4/h2-6H,7H2,1H3;1-3H. The van der Waals surface area contributed by atoms with Crippen molar-refractivity contribution in [2.45, 2.75) is 25.7 Å². The predicted octanol–water partition coefficient (Wildman–Crippen LogP) is 8.20. The van der Waals surface area contributed by atoms with Crippen LogP contribution in [0.4, 0.5) is 26.3 Å². The van der Waals surface area contributed by atoms with Crippen molar-refractivity contribution >= 4 is 38.6 Å². The Kier molecular flexibility index (Phi) is 7.15. The summed E-state index contributed by atoms with van der Waals surface area (Å²) in [7, 11) is 0. The Balaban J connectivity index is 0.000000244. The average molecular weight is 487 g/mol. The SMILES string of the molecule is Cc1ccc(Br)cc1Cc1ccc(C(F)(F)F)s1.FC(F)(F)c1cccs1. The highest BCUT2D eigenvalue weighted by molar-refractivity contribution is 9.10. The highest BCUT2D eigenvalue weighted by atomic mass is 79.9. The van der Waals surface area contributed by atoms with Gasteiger partial charge in [0.15, 0.2) is 0 Å². The fourth-order valence-electron chi connectivity index (χ4n) is 2.08. The molecule has 9 heteroatoms. The Morgan fingerprint density at radius 3 is 2.04 bits per heavy atom. The van der Waals surface area contributed by atoms with E-state index < -0.39 is 22.1 Å². The summed E-state index contributed by atoms with van der Waals surface area (Å²) in [5.74, 6) is 0. The molecule has 0 atom stereocenters. The van der Waals surface area contributed by atoms with Crippen LogP contribution in [0.25, 0.3) is 0 Å². The van der Waals surface area contributed by atoms with E-state index >= 15 is 0 Å². The minimum atomic E-state index is -4.24. The van der Waals surface area contributed by atoms with E-state index in [2.05, 4.69) is 15.9 Å². The highest BCUT2D eigenvalue weighted by Gasteiger charge is 2.32. The first-order valence-electron chi connectivity index (χ1n) is 7.48. The van der Waals surface area contributed by atoms with Crippen molar-refractivity contribution in [1.29, 1.82) is 0 Å². The molecule has 0 aliphatic carbocycles. The first-order chi connectivity index (χ1) is 12.5. The van der Waals surface area contributed by atoms with Crippen LogP contribution in [-0.2, 0) is 18.8 Å². The first-order valence-corrected chi connectivity index (χ1v) is 9.97. The van der Waals surface area contributed by atoms with Crippen molar-refractivity contribution in [1.82, 2.24) is 0 Å². The molecule has 0 saturated heterocycles. The van der Waals surface area contributed by atoms with Crippen molar-refractivity contribution in [2.75, 3.05) is 0 Å². The third-order valence-corrected chi connectivity index (χ3v) is 5.96. The Morgan fingerprint density at radius 1 is 0.889 bits per heavy atom. The fourth-order valence-corrected chi connectivity index (χ4v) is 3.98. The zero-order valence-electron chi connectivity index (χ0n) is 13.8. The van der Waals surface area contributed by atoms with Crippen molar-refractivity contribution in [3.05, 3.63) is 78.1 Å². The number of hydrogen-bond donors (Lipinski definition) is 0. The molecule has 2 heterocycles. The number of hydrogen-bond acceptors (Lipinski definition) is 2. The molecule has 0 amide bonds. The zero-order chi connectivity index (χ0) is 20.2. The molecule has 0 unspecified atom stereocenters. The molecule has 3 rings (SSSR count). The van der Waals surface area contributed by atoms with Gasteiger partial charge in [-0.2, -0.15) is 26.3 Å². The van der Waals surface area contributed by atoms with Gasteiger partial charge in [0, 0.05) is 15.8 Å². The topological polar surface area (TPSA) is 0 Å². The van der Waals surface area contributed by atoms with Crippen molar-refractivity contribution in [3.63, 3.8) is 0 Å². The lowest BCUT2D eigenvalue weighted by Crippen LogP contribution is -2.00. The van der Waals surface area contributed by atoms with Gasteiger partial charge in [-0.3, -0.25) is 0 Å². The fraction of sp³-hybridized carbons (Fsp3) is 0.222. The van der Waals surface area contributed by atoms with E-state index in [1.165, 1.54) is 11.4 Å². The Labute approximate surface area is 168 Å². The molecule has 27 heavy (non-hydrogen) atoms. The quantitative estimate of drug-likeness (QED) is 0.320. The largest absolute Gasteiger partial charge is 0.425 e. The van der Waals surface area contributed by atoms with Gasteiger partial charge in [-0.15, -0.1) is 22.7 Å². The Bertz CT molecular complexity index is 863. The van der Waals surface area contributed by atoms with Gasteiger partial charge < -0.3 is 0 Å². The first kappa shape index (κ1) is 22.0. The van der Waals surface area contributed by atoms with Gasteiger partial charge in [0.25, 0.3) is 0 Å². The van der Waals surface area contributed by atoms with Crippen LogP contribution in [0.5, 0.6) is 0 Å². The number of rotatable bonds is 2. The lowest BCUT2D eigenvalue weighted by Gasteiger charge is -2.05. The molecule has 1 aromatic carbocycles. The van der Waals surface area contributed by atoms with E-state index in [1.807, 2.05) is 25.1 Å². The monoisotopic (exact) mass is 486 g/mol. The summed E-state index contributed by atoms with van der Waals surface area (Å²) in [6, 6.07) is 11.0. The molecular weight excluding hydrogens is 474 g/mol. The van der Waals surface area contributed by atoms with Gasteiger partial charge in [-0.1, -0.05) is 28.1 Å². The molecule has 0 spiro atoms. The third kappa shape index (κ3) is 6.65.